The van der Waals surface area contributed by atoms with Crippen LogP contribution in [0.1, 0.15) is 25.8 Å². The lowest BCUT2D eigenvalue weighted by molar-refractivity contribution is -0.133. The van der Waals surface area contributed by atoms with Crippen molar-refractivity contribution in [3.63, 3.8) is 0 Å². The highest BCUT2D eigenvalue weighted by Crippen LogP contribution is 2.41. The van der Waals surface area contributed by atoms with Gasteiger partial charge in [-0.25, -0.2) is 8.42 Å². The number of carbonyl (C=O) groups excluding carboxylic acids is 1. The normalized spacial score (nSPS) is 28.5. The Kier molecular flexibility index (Phi) is 3.36. The Hall–Kier alpha value is -1.76. The lowest BCUT2D eigenvalue weighted by Crippen LogP contribution is -2.45. The molecule has 0 aliphatic carbocycles. The minimum Gasteiger partial charge on any atom is -0.483 e. The average Bonchev–Trinajstić information content (AvgIpc) is 3.11. The third-order valence-electron chi connectivity index (χ3n) is 5.04. The Labute approximate surface area is 141 Å². The van der Waals surface area contributed by atoms with Gasteiger partial charge in [0.15, 0.2) is 27.9 Å². The van der Waals surface area contributed by atoms with Gasteiger partial charge >= 0.3 is 0 Å². The largest absolute Gasteiger partial charge is 0.483 e. The molecule has 2 fully saturated rings. The SMILES string of the molecule is CC1(C)Cc2cccc(OCC(=O)N3CC4CC3CS4(=O)=O)c2O1. The van der Waals surface area contributed by atoms with E-state index in [9.17, 15) is 13.2 Å². The van der Waals surface area contributed by atoms with Gasteiger partial charge in [0.25, 0.3) is 5.91 Å². The van der Waals surface area contributed by atoms with E-state index in [-0.39, 0.29) is 29.9 Å². The number of likely N-dealkylation sites (tertiary alicyclic amines) is 1. The van der Waals surface area contributed by atoms with Crippen molar-refractivity contribution in [3.05, 3.63) is 23.8 Å². The van der Waals surface area contributed by atoms with Crippen LogP contribution in [0, 0.1) is 0 Å². The van der Waals surface area contributed by atoms with Crippen molar-refractivity contribution in [1.29, 1.82) is 0 Å². The van der Waals surface area contributed by atoms with Gasteiger partial charge in [-0.3, -0.25) is 4.79 Å². The van der Waals surface area contributed by atoms with Crippen molar-refractivity contribution in [1.82, 2.24) is 4.90 Å². The van der Waals surface area contributed by atoms with E-state index in [1.54, 1.807) is 11.0 Å². The summed E-state index contributed by atoms with van der Waals surface area (Å²) in [7, 11) is -3.00. The number of carbonyl (C=O) groups is 1. The highest BCUT2D eigenvalue weighted by atomic mass is 32.2. The van der Waals surface area contributed by atoms with Crippen molar-refractivity contribution in [2.45, 2.75) is 43.6 Å². The van der Waals surface area contributed by atoms with E-state index in [0.717, 1.165) is 12.0 Å². The van der Waals surface area contributed by atoms with Crippen molar-refractivity contribution >= 4 is 15.7 Å². The Morgan fingerprint density at radius 3 is 2.88 bits per heavy atom. The number of hydrogen-bond donors (Lipinski definition) is 0. The van der Waals surface area contributed by atoms with Crippen LogP contribution in [0.3, 0.4) is 0 Å². The molecule has 0 spiro atoms. The van der Waals surface area contributed by atoms with Crippen LogP contribution in [0.25, 0.3) is 0 Å². The van der Waals surface area contributed by atoms with Gasteiger partial charge < -0.3 is 14.4 Å². The predicted octanol–water partition coefficient (Wildman–Crippen LogP) is 1.18. The van der Waals surface area contributed by atoms with E-state index in [2.05, 4.69) is 0 Å². The van der Waals surface area contributed by atoms with Gasteiger partial charge in [0, 0.05) is 24.6 Å². The number of ether oxygens (including phenoxy) is 2. The van der Waals surface area contributed by atoms with E-state index >= 15 is 0 Å². The Morgan fingerprint density at radius 2 is 2.21 bits per heavy atom. The fourth-order valence-corrected chi connectivity index (χ4v) is 5.95. The zero-order chi connectivity index (χ0) is 17.1. The molecule has 2 saturated heterocycles. The second-order valence-electron chi connectivity index (χ2n) is 7.46. The number of amides is 1. The molecular weight excluding hydrogens is 330 g/mol. The fraction of sp³-hybridized carbons (Fsp3) is 0.588. The summed E-state index contributed by atoms with van der Waals surface area (Å²) in [6, 6.07) is 5.51. The van der Waals surface area contributed by atoms with E-state index in [1.807, 2.05) is 26.0 Å². The molecule has 7 heteroatoms. The molecule has 2 atom stereocenters. The van der Waals surface area contributed by atoms with Gasteiger partial charge in [-0.15, -0.1) is 0 Å². The summed E-state index contributed by atoms with van der Waals surface area (Å²) in [6.07, 6.45) is 1.37. The first-order valence-electron chi connectivity index (χ1n) is 8.20. The smallest absolute Gasteiger partial charge is 0.260 e. The number of hydrogen-bond acceptors (Lipinski definition) is 5. The summed E-state index contributed by atoms with van der Waals surface area (Å²) in [4.78, 5) is 14.1. The van der Waals surface area contributed by atoms with Crippen molar-refractivity contribution in [2.75, 3.05) is 18.9 Å². The Balaban J connectivity index is 1.43. The van der Waals surface area contributed by atoms with E-state index < -0.39 is 15.1 Å². The lowest BCUT2D eigenvalue weighted by Gasteiger charge is -2.27. The van der Waals surface area contributed by atoms with Crippen molar-refractivity contribution in [2.24, 2.45) is 0 Å². The molecule has 1 amide bonds. The topological polar surface area (TPSA) is 72.9 Å². The highest BCUT2D eigenvalue weighted by molar-refractivity contribution is 7.92. The van der Waals surface area contributed by atoms with Gasteiger partial charge in [0.05, 0.1) is 11.0 Å². The molecule has 6 nitrogen and oxygen atoms in total. The van der Waals surface area contributed by atoms with Crippen LogP contribution in [0.2, 0.25) is 0 Å². The third kappa shape index (κ3) is 2.55. The highest BCUT2D eigenvalue weighted by Gasteiger charge is 2.50. The number of rotatable bonds is 3. The molecule has 4 rings (SSSR count). The Morgan fingerprint density at radius 1 is 1.42 bits per heavy atom. The van der Waals surface area contributed by atoms with Crippen LogP contribution < -0.4 is 9.47 Å². The van der Waals surface area contributed by atoms with Crippen LogP contribution in [0.4, 0.5) is 0 Å². The van der Waals surface area contributed by atoms with Gasteiger partial charge in [-0.1, -0.05) is 12.1 Å². The van der Waals surface area contributed by atoms with E-state index in [0.29, 0.717) is 24.5 Å². The first-order valence-corrected chi connectivity index (χ1v) is 9.91. The number of benzene rings is 1. The van der Waals surface area contributed by atoms with Gasteiger partial charge in [0.2, 0.25) is 0 Å². The standard InChI is InChI=1S/C17H21NO5S/c1-17(2)7-11-4-3-5-14(16(11)23-17)22-9-15(19)18-8-13-6-12(18)10-24(13,20)21/h3-5,12-13H,6-10H2,1-2H3. The maximum absolute atomic E-state index is 12.4. The molecule has 24 heavy (non-hydrogen) atoms. The molecule has 3 aliphatic heterocycles. The average molecular weight is 351 g/mol. The lowest BCUT2D eigenvalue weighted by atomic mass is 10.0. The first kappa shape index (κ1) is 15.7. The minimum absolute atomic E-state index is 0.0848. The number of sulfone groups is 1. The zero-order valence-electron chi connectivity index (χ0n) is 13.8. The minimum atomic E-state index is -3.00. The van der Waals surface area contributed by atoms with Crippen LogP contribution in [0.5, 0.6) is 11.5 Å². The van der Waals surface area contributed by atoms with Crippen LogP contribution >= 0.6 is 0 Å². The molecule has 0 aromatic heterocycles. The summed E-state index contributed by atoms with van der Waals surface area (Å²) in [5.41, 5.74) is 0.810. The second-order valence-corrected chi connectivity index (χ2v) is 9.78. The van der Waals surface area contributed by atoms with E-state index in [1.165, 1.54) is 0 Å². The predicted molar refractivity (Wildman–Crippen MR) is 88.0 cm³/mol. The Bertz CT molecular complexity index is 801. The molecular formula is C17H21NO5S. The molecule has 0 radical (unpaired) electrons. The number of para-hydroxylation sites is 1. The molecule has 3 heterocycles. The van der Waals surface area contributed by atoms with Gasteiger partial charge in [-0.2, -0.15) is 0 Å². The van der Waals surface area contributed by atoms with Gasteiger partial charge in [-0.05, 0) is 26.3 Å². The second kappa shape index (κ2) is 5.12. The monoisotopic (exact) mass is 351 g/mol. The fourth-order valence-electron chi connectivity index (χ4n) is 3.92. The summed E-state index contributed by atoms with van der Waals surface area (Å²) in [6.45, 7) is 4.24. The summed E-state index contributed by atoms with van der Waals surface area (Å²) in [5.74, 6) is 1.21. The molecule has 0 N–H and O–H groups in total. The van der Waals surface area contributed by atoms with Crippen molar-refractivity contribution < 1.29 is 22.7 Å². The first-order chi connectivity index (χ1) is 11.3. The molecule has 130 valence electrons. The van der Waals surface area contributed by atoms with Gasteiger partial charge in [0.1, 0.15) is 5.60 Å². The number of fused-ring (bicyclic) bond motifs is 3. The molecule has 1 aromatic carbocycles. The third-order valence-corrected chi connectivity index (χ3v) is 7.24. The molecule has 2 unspecified atom stereocenters. The van der Waals surface area contributed by atoms with Crippen LogP contribution in [-0.4, -0.2) is 55.0 Å². The van der Waals surface area contributed by atoms with E-state index in [4.69, 9.17) is 9.47 Å². The summed E-state index contributed by atoms with van der Waals surface area (Å²) in [5, 5.41) is -0.392. The quantitative estimate of drug-likeness (QED) is 0.818. The molecule has 2 bridgehead atoms. The van der Waals surface area contributed by atoms with Crippen molar-refractivity contribution in [3.8, 4) is 11.5 Å². The molecule has 1 aromatic rings. The van der Waals surface area contributed by atoms with Crippen LogP contribution in [-0.2, 0) is 21.1 Å². The zero-order valence-corrected chi connectivity index (χ0v) is 14.6. The molecule has 3 aliphatic rings. The number of nitrogens with zero attached hydrogens (tertiary/aromatic N) is 1. The molecule has 0 saturated carbocycles. The van der Waals surface area contributed by atoms with Crippen LogP contribution in [0.15, 0.2) is 18.2 Å². The summed E-state index contributed by atoms with van der Waals surface area (Å²) >= 11 is 0. The summed E-state index contributed by atoms with van der Waals surface area (Å²) < 4.78 is 35.2. The maximum atomic E-state index is 12.4. The maximum Gasteiger partial charge on any atom is 0.260 e.